The fourth-order valence-corrected chi connectivity index (χ4v) is 2.48. The predicted molar refractivity (Wildman–Crippen MR) is 88.9 cm³/mol. The molecule has 0 radical (unpaired) electrons. The summed E-state index contributed by atoms with van der Waals surface area (Å²) < 4.78 is 5.57. The van der Waals surface area contributed by atoms with E-state index in [1.165, 1.54) is 0 Å². The van der Waals surface area contributed by atoms with Crippen molar-refractivity contribution in [3.05, 3.63) is 60.4 Å². The maximum atomic E-state index is 12.0. The third-order valence-electron chi connectivity index (χ3n) is 3.75. The number of amides is 1. The van der Waals surface area contributed by atoms with Gasteiger partial charge in [-0.25, -0.2) is 0 Å². The molecule has 0 aliphatic carbocycles. The minimum atomic E-state index is -0.0166. The summed E-state index contributed by atoms with van der Waals surface area (Å²) in [5, 5.41) is 4.01. The number of rotatable bonds is 5. The fraction of sp³-hybridized carbons (Fsp3) is 0.211. The summed E-state index contributed by atoms with van der Waals surface area (Å²) in [4.78, 5) is 12.0. The van der Waals surface area contributed by atoms with Gasteiger partial charge in [0.05, 0.1) is 6.26 Å². The van der Waals surface area contributed by atoms with Crippen molar-refractivity contribution < 1.29 is 9.21 Å². The second kappa shape index (κ2) is 6.48. The lowest BCUT2D eigenvalue weighted by atomic mass is 10.0. The van der Waals surface area contributed by atoms with Crippen LogP contribution in [0.3, 0.4) is 0 Å². The van der Waals surface area contributed by atoms with Gasteiger partial charge in [0.15, 0.2) is 0 Å². The lowest BCUT2D eigenvalue weighted by Crippen LogP contribution is -2.24. The molecule has 0 spiro atoms. The molecule has 0 aliphatic rings. The van der Waals surface area contributed by atoms with Crippen LogP contribution in [0.4, 0.5) is 0 Å². The van der Waals surface area contributed by atoms with E-state index < -0.39 is 0 Å². The molecule has 0 fully saturated rings. The Balaban J connectivity index is 1.81. The van der Waals surface area contributed by atoms with Crippen molar-refractivity contribution in [3.8, 4) is 11.1 Å². The maximum Gasteiger partial charge on any atom is 0.251 e. The number of carbonyl (C=O) groups is 1. The minimum absolute atomic E-state index is 0.0166. The molecule has 0 saturated heterocycles. The zero-order valence-electron chi connectivity index (χ0n) is 12.6. The van der Waals surface area contributed by atoms with Crippen molar-refractivity contribution in [1.29, 1.82) is 0 Å². The molecule has 0 atom stereocenters. The molecule has 1 amide bonds. The Kier molecular flexibility index (Phi) is 4.24. The van der Waals surface area contributed by atoms with Crippen LogP contribution < -0.4 is 5.32 Å². The Morgan fingerprint density at radius 1 is 1.09 bits per heavy atom. The van der Waals surface area contributed by atoms with Crippen LogP contribution >= 0.6 is 0 Å². The number of benzene rings is 2. The number of furan rings is 1. The largest absolute Gasteiger partial charge is 0.464 e. The van der Waals surface area contributed by atoms with E-state index in [0.717, 1.165) is 41.5 Å². The van der Waals surface area contributed by atoms with E-state index in [9.17, 15) is 4.79 Å². The highest BCUT2D eigenvalue weighted by atomic mass is 16.3. The standard InChI is InChI=1S/C19H19NO2/c1-2-3-12-20-19(21)15-10-8-14(9-11-15)17-13-22-18-7-5-4-6-16(17)18/h4-11,13H,2-3,12H2,1H3,(H,20,21). The molecule has 0 saturated carbocycles. The fourth-order valence-electron chi connectivity index (χ4n) is 2.48. The Morgan fingerprint density at radius 2 is 1.86 bits per heavy atom. The van der Waals surface area contributed by atoms with Gasteiger partial charge in [-0.05, 0) is 30.2 Å². The molecule has 3 heteroatoms. The van der Waals surface area contributed by atoms with E-state index in [0.29, 0.717) is 5.56 Å². The van der Waals surface area contributed by atoms with Crippen LogP contribution in [0.5, 0.6) is 0 Å². The molecular formula is C19H19NO2. The van der Waals surface area contributed by atoms with Gasteiger partial charge >= 0.3 is 0 Å². The lowest BCUT2D eigenvalue weighted by molar-refractivity contribution is 0.0953. The average Bonchev–Trinajstić information content (AvgIpc) is 2.99. The molecule has 1 heterocycles. The zero-order valence-corrected chi connectivity index (χ0v) is 12.6. The number of unbranched alkanes of at least 4 members (excludes halogenated alkanes) is 1. The van der Waals surface area contributed by atoms with Crippen LogP contribution in [0.15, 0.2) is 59.2 Å². The van der Waals surface area contributed by atoms with Gasteiger partial charge in [-0.3, -0.25) is 4.79 Å². The molecule has 2 aromatic carbocycles. The van der Waals surface area contributed by atoms with Gasteiger partial charge in [-0.15, -0.1) is 0 Å². The van der Waals surface area contributed by atoms with Crippen molar-refractivity contribution in [1.82, 2.24) is 5.32 Å². The summed E-state index contributed by atoms with van der Waals surface area (Å²) in [5.41, 5.74) is 3.66. The minimum Gasteiger partial charge on any atom is -0.464 e. The first kappa shape index (κ1) is 14.4. The number of hydrogen-bond donors (Lipinski definition) is 1. The predicted octanol–water partition coefficient (Wildman–Crippen LogP) is 4.63. The van der Waals surface area contributed by atoms with Gasteiger partial charge < -0.3 is 9.73 Å². The van der Waals surface area contributed by atoms with Crippen LogP contribution in [0.1, 0.15) is 30.1 Å². The highest BCUT2D eigenvalue weighted by Crippen LogP contribution is 2.30. The van der Waals surface area contributed by atoms with Gasteiger partial charge in [-0.2, -0.15) is 0 Å². The summed E-state index contributed by atoms with van der Waals surface area (Å²) in [7, 11) is 0. The van der Waals surface area contributed by atoms with Crippen molar-refractivity contribution in [2.24, 2.45) is 0 Å². The summed E-state index contributed by atoms with van der Waals surface area (Å²) in [6.45, 7) is 2.83. The van der Waals surface area contributed by atoms with E-state index in [-0.39, 0.29) is 5.91 Å². The zero-order chi connectivity index (χ0) is 15.4. The molecule has 3 rings (SSSR count). The SMILES string of the molecule is CCCCNC(=O)c1ccc(-c2coc3ccccc23)cc1. The van der Waals surface area contributed by atoms with Crippen molar-refractivity contribution in [3.63, 3.8) is 0 Å². The van der Waals surface area contributed by atoms with Crippen LogP contribution in [-0.4, -0.2) is 12.5 Å². The van der Waals surface area contributed by atoms with Crippen LogP contribution in [-0.2, 0) is 0 Å². The van der Waals surface area contributed by atoms with Gasteiger partial charge in [-0.1, -0.05) is 43.7 Å². The molecule has 0 unspecified atom stereocenters. The second-order valence-electron chi connectivity index (χ2n) is 5.33. The first-order chi connectivity index (χ1) is 10.8. The third kappa shape index (κ3) is 2.89. The Bertz CT molecular complexity index is 771. The molecule has 1 aromatic heterocycles. The van der Waals surface area contributed by atoms with E-state index in [4.69, 9.17) is 4.42 Å². The number of para-hydroxylation sites is 1. The van der Waals surface area contributed by atoms with Crippen LogP contribution in [0.25, 0.3) is 22.1 Å². The topological polar surface area (TPSA) is 42.2 Å². The Morgan fingerprint density at radius 3 is 2.64 bits per heavy atom. The number of hydrogen-bond acceptors (Lipinski definition) is 2. The van der Waals surface area contributed by atoms with Gasteiger partial charge in [0, 0.05) is 23.1 Å². The van der Waals surface area contributed by atoms with Crippen LogP contribution in [0, 0.1) is 0 Å². The molecular weight excluding hydrogens is 274 g/mol. The van der Waals surface area contributed by atoms with E-state index in [1.54, 1.807) is 6.26 Å². The molecule has 0 aliphatic heterocycles. The monoisotopic (exact) mass is 293 g/mol. The molecule has 0 bridgehead atoms. The Hall–Kier alpha value is -2.55. The van der Waals surface area contributed by atoms with Crippen LogP contribution in [0.2, 0.25) is 0 Å². The number of carbonyl (C=O) groups excluding carboxylic acids is 1. The second-order valence-corrected chi connectivity index (χ2v) is 5.33. The van der Waals surface area contributed by atoms with Crippen molar-refractivity contribution in [2.45, 2.75) is 19.8 Å². The smallest absolute Gasteiger partial charge is 0.251 e. The summed E-state index contributed by atoms with van der Waals surface area (Å²) in [6, 6.07) is 15.6. The van der Waals surface area contributed by atoms with E-state index in [2.05, 4.69) is 12.2 Å². The molecule has 22 heavy (non-hydrogen) atoms. The quantitative estimate of drug-likeness (QED) is 0.697. The summed E-state index contributed by atoms with van der Waals surface area (Å²) in [6.07, 6.45) is 3.85. The summed E-state index contributed by atoms with van der Waals surface area (Å²) in [5.74, 6) is -0.0166. The van der Waals surface area contributed by atoms with Crippen molar-refractivity contribution >= 4 is 16.9 Å². The molecule has 3 nitrogen and oxygen atoms in total. The average molecular weight is 293 g/mol. The third-order valence-corrected chi connectivity index (χ3v) is 3.75. The maximum absolute atomic E-state index is 12.0. The summed E-state index contributed by atoms with van der Waals surface area (Å²) >= 11 is 0. The lowest BCUT2D eigenvalue weighted by Gasteiger charge is -2.05. The number of nitrogens with one attached hydrogen (secondary N) is 1. The normalized spacial score (nSPS) is 10.8. The van der Waals surface area contributed by atoms with Gasteiger partial charge in [0.1, 0.15) is 5.58 Å². The number of fused-ring (bicyclic) bond motifs is 1. The van der Waals surface area contributed by atoms with E-state index >= 15 is 0 Å². The highest BCUT2D eigenvalue weighted by molar-refractivity contribution is 5.97. The first-order valence-corrected chi connectivity index (χ1v) is 7.64. The van der Waals surface area contributed by atoms with Crippen molar-refractivity contribution in [2.75, 3.05) is 6.54 Å². The highest BCUT2D eigenvalue weighted by Gasteiger charge is 2.09. The van der Waals surface area contributed by atoms with E-state index in [1.807, 2.05) is 48.5 Å². The first-order valence-electron chi connectivity index (χ1n) is 7.64. The Labute approximate surface area is 130 Å². The van der Waals surface area contributed by atoms with Gasteiger partial charge in [0.2, 0.25) is 0 Å². The molecule has 1 N–H and O–H groups in total. The van der Waals surface area contributed by atoms with Gasteiger partial charge in [0.25, 0.3) is 5.91 Å². The molecule has 3 aromatic rings. The molecule has 112 valence electrons.